The smallest absolute Gasteiger partial charge is 0.271 e. The third-order valence-corrected chi connectivity index (χ3v) is 4.44. The summed E-state index contributed by atoms with van der Waals surface area (Å²) in [6, 6.07) is 22.3. The Morgan fingerprint density at radius 3 is 2.50 bits per heavy atom. The summed E-state index contributed by atoms with van der Waals surface area (Å²) < 4.78 is 12.3. The van der Waals surface area contributed by atoms with Crippen molar-refractivity contribution < 1.29 is 14.3 Å². The number of halogens is 1. The Labute approximate surface area is 172 Å². The summed E-state index contributed by atoms with van der Waals surface area (Å²) in [6.07, 6.45) is 1.56. The Morgan fingerprint density at radius 1 is 1.04 bits per heavy atom. The van der Waals surface area contributed by atoms with E-state index in [1.807, 2.05) is 42.5 Å². The number of hydrogen-bond acceptors (Lipinski definition) is 4. The van der Waals surface area contributed by atoms with Crippen LogP contribution >= 0.6 is 15.9 Å². The first kappa shape index (κ1) is 19.6. The van der Waals surface area contributed by atoms with E-state index in [0.29, 0.717) is 23.7 Å². The molecule has 3 aromatic carbocycles. The molecule has 0 radical (unpaired) electrons. The van der Waals surface area contributed by atoms with Crippen molar-refractivity contribution in [3.63, 3.8) is 0 Å². The zero-order valence-electron chi connectivity index (χ0n) is 15.3. The fraction of sp³-hybridized carbons (Fsp3) is 0.0909. The van der Waals surface area contributed by atoms with E-state index in [2.05, 4.69) is 26.5 Å². The molecule has 3 rings (SSSR count). The van der Waals surface area contributed by atoms with E-state index >= 15 is 0 Å². The van der Waals surface area contributed by atoms with Crippen LogP contribution < -0.4 is 14.9 Å². The molecular formula is C22H19BrN2O3. The predicted octanol–water partition coefficient (Wildman–Crippen LogP) is 4.80. The lowest BCUT2D eigenvalue weighted by molar-refractivity contribution is 0.0955. The third-order valence-electron chi connectivity index (χ3n) is 3.91. The van der Waals surface area contributed by atoms with Gasteiger partial charge in [0.1, 0.15) is 6.61 Å². The van der Waals surface area contributed by atoms with Gasteiger partial charge < -0.3 is 9.47 Å². The van der Waals surface area contributed by atoms with Crippen LogP contribution in [0, 0.1) is 0 Å². The molecule has 5 nitrogen and oxygen atoms in total. The predicted molar refractivity (Wildman–Crippen MR) is 113 cm³/mol. The molecule has 0 aliphatic carbocycles. The van der Waals surface area contributed by atoms with Crippen LogP contribution in [0.15, 0.2) is 82.4 Å². The summed E-state index contributed by atoms with van der Waals surface area (Å²) in [6.45, 7) is 0.412. The SMILES string of the molecule is COc1ccc(/C=N\NC(=O)c2ccccc2)cc1OCc1ccc(Br)cc1. The maximum absolute atomic E-state index is 12.0. The number of benzene rings is 3. The zero-order chi connectivity index (χ0) is 19.8. The quantitative estimate of drug-likeness (QED) is 0.425. The van der Waals surface area contributed by atoms with Crippen molar-refractivity contribution in [3.8, 4) is 11.5 Å². The van der Waals surface area contributed by atoms with Gasteiger partial charge in [-0.1, -0.05) is 46.3 Å². The topological polar surface area (TPSA) is 59.9 Å². The second-order valence-corrected chi connectivity index (χ2v) is 6.81. The highest BCUT2D eigenvalue weighted by molar-refractivity contribution is 9.10. The number of hydrogen-bond donors (Lipinski definition) is 1. The number of ether oxygens (including phenoxy) is 2. The van der Waals surface area contributed by atoms with Crippen LogP contribution in [0.5, 0.6) is 11.5 Å². The molecule has 0 aliphatic heterocycles. The minimum Gasteiger partial charge on any atom is -0.493 e. The second kappa shape index (κ2) is 9.71. The molecule has 3 aromatic rings. The van der Waals surface area contributed by atoms with Gasteiger partial charge in [0.25, 0.3) is 5.91 Å². The van der Waals surface area contributed by atoms with Crippen molar-refractivity contribution in [2.45, 2.75) is 6.61 Å². The van der Waals surface area contributed by atoms with Crippen LogP contribution in [-0.4, -0.2) is 19.2 Å². The summed E-state index contributed by atoms with van der Waals surface area (Å²) in [5.74, 6) is 0.961. The lowest BCUT2D eigenvalue weighted by Gasteiger charge is -2.11. The van der Waals surface area contributed by atoms with Gasteiger partial charge in [-0.2, -0.15) is 5.10 Å². The Morgan fingerprint density at radius 2 is 1.79 bits per heavy atom. The normalized spacial score (nSPS) is 10.6. The van der Waals surface area contributed by atoms with E-state index < -0.39 is 0 Å². The first-order valence-electron chi connectivity index (χ1n) is 8.59. The summed E-state index contributed by atoms with van der Waals surface area (Å²) in [5, 5.41) is 4.02. The third kappa shape index (κ3) is 5.44. The number of nitrogens with zero attached hydrogens (tertiary/aromatic N) is 1. The molecule has 0 bridgehead atoms. The number of methoxy groups -OCH3 is 1. The Bertz CT molecular complexity index is 957. The average Bonchev–Trinajstić information content (AvgIpc) is 2.74. The van der Waals surface area contributed by atoms with Crippen molar-refractivity contribution in [1.29, 1.82) is 0 Å². The van der Waals surface area contributed by atoms with Crippen molar-refractivity contribution in [2.24, 2.45) is 5.10 Å². The fourth-order valence-electron chi connectivity index (χ4n) is 2.45. The van der Waals surface area contributed by atoms with Gasteiger partial charge in [-0.15, -0.1) is 0 Å². The van der Waals surface area contributed by atoms with Crippen LogP contribution in [0.3, 0.4) is 0 Å². The highest BCUT2D eigenvalue weighted by Gasteiger charge is 2.06. The molecular weight excluding hydrogens is 420 g/mol. The average molecular weight is 439 g/mol. The lowest BCUT2D eigenvalue weighted by atomic mass is 10.2. The molecule has 0 unspecified atom stereocenters. The number of nitrogens with one attached hydrogen (secondary N) is 1. The van der Waals surface area contributed by atoms with Gasteiger partial charge in [0.15, 0.2) is 11.5 Å². The Kier molecular flexibility index (Phi) is 6.81. The minimum atomic E-state index is -0.267. The largest absolute Gasteiger partial charge is 0.493 e. The van der Waals surface area contributed by atoms with Gasteiger partial charge in [-0.25, -0.2) is 5.43 Å². The number of hydrazone groups is 1. The highest BCUT2D eigenvalue weighted by Crippen LogP contribution is 2.28. The Hall–Kier alpha value is -3.12. The molecule has 1 N–H and O–H groups in total. The summed E-state index contributed by atoms with van der Waals surface area (Å²) in [5.41, 5.74) is 4.88. The maximum atomic E-state index is 12.0. The molecule has 28 heavy (non-hydrogen) atoms. The first-order valence-corrected chi connectivity index (χ1v) is 9.39. The van der Waals surface area contributed by atoms with E-state index in [9.17, 15) is 4.79 Å². The van der Waals surface area contributed by atoms with E-state index in [1.165, 1.54) is 0 Å². The van der Waals surface area contributed by atoms with E-state index in [-0.39, 0.29) is 5.91 Å². The maximum Gasteiger partial charge on any atom is 0.271 e. The molecule has 0 aliphatic rings. The van der Waals surface area contributed by atoms with Crippen LogP contribution in [0.1, 0.15) is 21.5 Å². The molecule has 0 heterocycles. The van der Waals surface area contributed by atoms with Gasteiger partial charge in [-0.3, -0.25) is 4.79 Å². The number of carbonyl (C=O) groups excluding carboxylic acids is 1. The van der Waals surface area contributed by atoms with E-state index in [0.717, 1.165) is 15.6 Å². The molecule has 1 amide bonds. The van der Waals surface area contributed by atoms with Crippen molar-refractivity contribution in [3.05, 3.63) is 94.0 Å². The zero-order valence-corrected chi connectivity index (χ0v) is 16.8. The monoisotopic (exact) mass is 438 g/mol. The molecule has 0 spiro atoms. The standard InChI is InChI=1S/C22H19BrN2O3/c1-27-20-12-9-17(14-24-25-22(26)18-5-3-2-4-6-18)13-21(20)28-15-16-7-10-19(23)11-8-16/h2-14H,15H2,1H3,(H,25,26)/b24-14-. The second-order valence-electron chi connectivity index (χ2n) is 5.89. The molecule has 0 saturated heterocycles. The minimum absolute atomic E-state index is 0.267. The lowest BCUT2D eigenvalue weighted by Crippen LogP contribution is -2.17. The molecule has 6 heteroatoms. The van der Waals surface area contributed by atoms with Crippen LogP contribution in [0.4, 0.5) is 0 Å². The molecule has 0 fully saturated rings. The van der Waals surface area contributed by atoms with Gasteiger partial charge in [0.2, 0.25) is 0 Å². The van der Waals surface area contributed by atoms with Crippen LogP contribution in [-0.2, 0) is 6.61 Å². The summed E-state index contributed by atoms with van der Waals surface area (Å²) >= 11 is 3.42. The van der Waals surface area contributed by atoms with E-state index in [1.54, 1.807) is 43.7 Å². The molecule has 0 atom stereocenters. The molecule has 0 aromatic heterocycles. The molecule has 142 valence electrons. The summed E-state index contributed by atoms with van der Waals surface area (Å²) in [7, 11) is 1.59. The van der Waals surface area contributed by atoms with Gasteiger partial charge in [0, 0.05) is 10.0 Å². The highest BCUT2D eigenvalue weighted by atomic mass is 79.9. The van der Waals surface area contributed by atoms with Crippen LogP contribution in [0.2, 0.25) is 0 Å². The first-order chi connectivity index (χ1) is 13.7. The van der Waals surface area contributed by atoms with Crippen molar-refractivity contribution in [2.75, 3.05) is 7.11 Å². The van der Waals surface area contributed by atoms with Gasteiger partial charge in [-0.05, 0) is 53.6 Å². The number of rotatable bonds is 7. The number of amides is 1. The number of carbonyl (C=O) groups is 1. The Balaban J connectivity index is 1.66. The van der Waals surface area contributed by atoms with Gasteiger partial charge in [0.05, 0.1) is 13.3 Å². The van der Waals surface area contributed by atoms with Crippen LogP contribution in [0.25, 0.3) is 0 Å². The van der Waals surface area contributed by atoms with Gasteiger partial charge >= 0.3 is 0 Å². The van der Waals surface area contributed by atoms with E-state index in [4.69, 9.17) is 9.47 Å². The molecule has 0 saturated carbocycles. The van der Waals surface area contributed by atoms with Crippen molar-refractivity contribution >= 4 is 28.1 Å². The van der Waals surface area contributed by atoms with Crippen molar-refractivity contribution in [1.82, 2.24) is 5.43 Å². The summed E-state index contributed by atoms with van der Waals surface area (Å²) in [4.78, 5) is 12.0. The fourth-order valence-corrected chi connectivity index (χ4v) is 2.71.